The molecule has 0 aliphatic carbocycles. The zero-order chi connectivity index (χ0) is 11.1. The van der Waals surface area contributed by atoms with Crippen LogP contribution in [0.1, 0.15) is 12.5 Å². The number of hydrogen-bond donors (Lipinski definition) is 0. The molecule has 0 heterocycles. The smallest absolute Gasteiger partial charge is 0.188 e. The van der Waals surface area contributed by atoms with E-state index in [2.05, 4.69) is 0 Å². The molecule has 0 unspecified atom stereocenters. The van der Waals surface area contributed by atoms with Crippen LogP contribution < -0.4 is 4.74 Å². The number of benzene rings is 1. The Balaban J connectivity index is 2.91. The van der Waals surface area contributed by atoms with Gasteiger partial charge in [-0.1, -0.05) is 12.1 Å². The van der Waals surface area contributed by atoms with E-state index in [0.717, 1.165) is 17.1 Å². The first-order chi connectivity index (χ1) is 7.33. The lowest BCUT2D eigenvalue weighted by molar-refractivity contribution is 0.0314. The normalized spacial score (nSPS) is 11.3. The van der Waals surface area contributed by atoms with E-state index in [1.807, 2.05) is 37.3 Å². The predicted octanol–water partition coefficient (Wildman–Crippen LogP) is 2.68. The summed E-state index contributed by atoms with van der Waals surface area (Å²) >= 11 is 0. The van der Waals surface area contributed by atoms with Gasteiger partial charge in [0, 0.05) is 7.11 Å². The van der Waals surface area contributed by atoms with Crippen LogP contribution in [-0.4, -0.2) is 21.0 Å². The first-order valence-corrected chi connectivity index (χ1v) is 4.75. The average molecular weight is 208 g/mol. The van der Waals surface area contributed by atoms with Gasteiger partial charge in [-0.15, -0.1) is 0 Å². The summed E-state index contributed by atoms with van der Waals surface area (Å²) < 4.78 is 15.5. The minimum Gasteiger partial charge on any atom is -0.496 e. The monoisotopic (exact) mass is 208 g/mol. The third kappa shape index (κ3) is 2.99. The quantitative estimate of drug-likeness (QED) is 0.550. The Hall–Kier alpha value is -1.48. The lowest BCUT2D eigenvalue weighted by atomic mass is 10.1. The standard InChI is InChI=1S/C12H16O3/c1-4-11(15-9-13-2)10-7-5-6-8-12(10)14-3/h4-8H,9H2,1-3H3/b11-4-. The Labute approximate surface area is 90.3 Å². The number of hydrogen-bond acceptors (Lipinski definition) is 3. The van der Waals surface area contributed by atoms with Crippen molar-refractivity contribution in [2.45, 2.75) is 6.92 Å². The molecule has 0 bridgehead atoms. The summed E-state index contributed by atoms with van der Waals surface area (Å²) in [4.78, 5) is 0. The number of para-hydroxylation sites is 1. The molecule has 0 radical (unpaired) electrons. The second kappa shape index (κ2) is 6.09. The lowest BCUT2D eigenvalue weighted by Crippen LogP contribution is -1.98. The molecule has 0 saturated carbocycles. The van der Waals surface area contributed by atoms with E-state index in [1.54, 1.807) is 14.2 Å². The molecule has 3 nitrogen and oxygen atoms in total. The van der Waals surface area contributed by atoms with E-state index in [4.69, 9.17) is 14.2 Å². The van der Waals surface area contributed by atoms with E-state index < -0.39 is 0 Å². The molecule has 0 aromatic heterocycles. The molecule has 1 aromatic rings. The van der Waals surface area contributed by atoms with Gasteiger partial charge in [0.2, 0.25) is 0 Å². The molecule has 0 N–H and O–H groups in total. The zero-order valence-corrected chi connectivity index (χ0v) is 9.32. The fourth-order valence-electron chi connectivity index (χ4n) is 1.29. The maximum Gasteiger partial charge on any atom is 0.188 e. The van der Waals surface area contributed by atoms with Crippen LogP contribution in [0.3, 0.4) is 0 Å². The molecule has 3 heteroatoms. The third-order valence-corrected chi connectivity index (χ3v) is 1.97. The van der Waals surface area contributed by atoms with Crippen molar-refractivity contribution in [2.75, 3.05) is 21.0 Å². The fraction of sp³-hybridized carbons (Fsp3) is 0.333. The molecule has 0 atom stereocenters. The van der Waals surface area contributed by atoms with Crippen molar-refractivity contribution in [1.82, 2.24) is 0 Å². The SMILES string of the molecule is C/C=C(\OCOC)c1ccccc1OC. The first kappa shape index (κ1) is 11.6. The highest BCUT2D eigenvalue weighted by Gasteiger charge is 2.07. The molecule has 15 heavy (non-hydrogen) atoms. The van der Waals surface area contributed by atoms with Crippen LogP contribution in [0.2, 0.25) is 0 Å². The van der Waals surface area contributed by atoms with Gasteiger partial charge in [0.15, 0.2) is 6.79 Å². The van der Waals surface area contributed by atoms with Crippen molar-refractivity contribution in [3.8, 4) is 5.75 Å². The molecule has 0 fully saturated rings. The van der Waals surface area contributed by atoms with Crippen LogP contribution in [0.5, 0.6) is 5.75 Å². The summed E-state index contributed by atoms with van der Waals surface area (Å²) in [5.74, 6) is 1.55. The van der Waals surface area contributed by atoms with Crippen LogP contribution >= 0.6 is 0 Å². The highest BCUT2D eigenvalue weighted by Crippen LogP contribution is 2.26. The van der Waals surface area contributed by atoms with Crippen molar-refractivity contribution in [1.29, 1.82) is 0 Å². The Kier molecular flexibility index (Phi) is 4.71. The molecule has 0 saturated heterocycles. The van der Waals surface area contributed by atoms with E-state index in [-0.39, 0.29) is 6.79 Å². The van der Waals surface area contributed by atoms with Crippen LogP contribution in [0.25, 0.3) is 5.76 Å². The van der Waals surface area contributed by atoms with E-state index in [1.165, 1.54) is 0 Å². The van der Waals surface area contributed by atoms with Crippen molar-refractivity contribution in [3.05, 3.63) is 35.9 Å². The lowest BCUT2D eigenvalue weighted by Gasteiger charge is -2.12. The number of ether oxygens (including phenoxy) is 3. The molecular formula is C12H16O3. The maximum atomic E-state index is 5.43. The summed E-state index contributed by atoms with van der Waals surface area (Å²) in [5, 5.41) is 0. The Bertz CT molecular complexity index is 331. The van der Waals surface area contributed by atoms with Crippen LogP contribution in [0, 0.1) is 0 Å². The first-order valence-electron chi connectivity index (χ1n) is 4.75. The molecule has 0 spiro atoms. The molecule has 82 valence electrons. The van der Waals surface area contributed by atoms with Crippen molar-refractivity contribution in [3.63, 3.8) is 0 Å². The maximum absolute atomic E-state index is 5.43. The van der Waals surface area contributed by atoms with E-state index in [9.17, 15) is 0 Å². The molecule has 0 aliphatic heterocycles. The topological polar surface area (TPSA) is 27.7 Å². The Morgan fingerprint density at radius 2 is 2.00 bits per heavy atom. The summed E-state index contributed by atoms with van der Waals surface area (Å²) in [6, 6.07) is 7.71. The zero-order valence-electron chi connectivity index (χ0n) is 9.32. The van der Waals surface area contributed by atoms with Crippen molar-refractivity contribution >= 4 is 5.76 Å². The fourth-order valence-corrected chi connectivity index (χ4v) is 1.29. The highest BCUT2D eigenvalue weighted by atomic mass is 16.7. The molecule has 1 rings (SSSR count). The van der Waals surface area contributed by atoms with Crippen LogP contribution in [0.15, 0.2) is 30.3 Å². The van der Waals surface area contributed by atoms with E-state index >= 15 is 0 Å². The minimum absolute atomic E-state index is 0.234. The van der Waals surface area contributed by atoms with Crippen molar-refractivity contribution in [2.24, 2.45) is 0 Å². The second-order valence-electron chi connectivity index (χ2n) is 2.90. The van der Waals surface area contributed by atoms with Gasteiger partial charge in [0.05, 0.1) is 12.7 Å². The summed E-state index contributed by atoms with van der Waals surface area (Å²) in [6.07, 6.45) is 1.89. The number of rotatable bonds is 5. The molecule has 1 aromatic carbocycles. The van der Waals surface area contributed by atoms with Gasteiger partial charge in [-0.2, -0.15) is 0 Å². The summed E-state index contributed by atoms with van der Waals surface area (Å²) in [6.45, 7) is 2.15. The molecular weight excluding hydrogens is 192 g/mol. The van der Waals surface area contributed by atoms with Gasteiger partial charge in [-0.3, -0.25) is 0 Å². The second-order valence-corrected chi connectivity index (χ2v) is 2.90. The van der Waals surface area contributed by atoms with Gasteiger partial charge in [-0.05, 0) is 25.1 Å². The summed E-state index contributed by atoms with van der Waals surface area (Å²) in [7, 11) is 3.23. The minimum atomic E-state index is 0.234. The van der Waals surface area contributed by atoms with E-state index in [0.29, 0.717) is 0 Å². The third-order valence-electron chi connectivity index (χ3n) is 1.97. The molecule has 0 amide bonds. The van der Waals surface area contributed by atoms with Gasteiger partial charge in [0.25, 0.3) is 0 Å². The number of allylic oxidation sites excluding steroid dienone is 1. The van der Waals surface area contributed by atoms with Crippen LogP contribution in [-0.2, 0) is 9.47 Å². The molecule has 0 aliphatic rings. The van der Waals surface area contributed by atoms with Gasteiger partial charge in [0.1, 0.15) is 11.5 Å². The Morgan fingerprint density at radius 3 is 2.60 bits per heavy atom. The largest absolute Gasteiger partial charge is 0.496 e. The Morgan fingerprint density at radius 1 is 1.27 bits per heavy atom. The van der Waals surface area contributed by atoms with Gasteiger partial charge < -0.3 is 14.2 Å². The van der Waals surface area contributed by atoms with Crippen molar-refractivity contribution < 1.29 is 14.2 Å². The number of methoxy groups -OCH3 is 2. The van der Waals surface area contributed by atoms with Crippen LogP contribution in [0.4, 0.5) is 0 Å². The van der Waals surface area contributed by atoms with Gasteiger partial charge in [-0.25, -0.2) is 0 Å². The summed E-state index contributed by atoms with van der Waals surface area (Å²) in [5.41, 5.74) is 0.930. The average Bonchev–Trinajstić information content (AvgIpc) is 2.30. The predicted molar refractivity (Wildman–Crippen MR) is 59.6 cm³/mol. The van der Waals surface area contributed by atoms with Gasteiger partial charge >= 0.3 is 0 Å². The highest BCUT2D eigenvalue weighted by molar-refractivity contribution is 5.65.